The minimum Gasteiger partial charge on any atom is -0.457 e. The van der Waals surface area contributed by atoms with Crippen molar-refractivity contribution >= 4 is 76.9 Å². The van der Waals surface area contributed by atoms with Gasteiger partial charge in [-0.3, -0.25) is 34.2 Å². The van der Waals surface area contributed by atoms with Crippen LogP contribution in [0.3, 0.4) is 0 Å². The molecule has 4 fully saturated rings. The van der Waals surface area contributed by atoms with Gasteiger partial charge in [-0.05, 0) is 76.0 Å². The summed E-state index contributed by atoms with van der Waals surface area (Å²) in [4.78, 5) is 109. The summed E-state index contributed by atoms with van der Waals surface area (Å²) in [5.41, 5.74) is -1.20. The van der Waals surface area contributed by atoms with Crippen molar-refractivity contribution in [3.8, 4) is 0 Å². The lowest BCUT2D eigenvalue weighted by molar-refractivity contribution is -0.162. The van der Waals surface area contributed by atoms with Crippen LogP contribution in [0.2, 0.25) is 5.02 Å². The highest BCUT2D eigenvalue weighted by atomic mass is 35.5. The van der Waals surface area contributed by atoms with E-state index >= 15 is 0 Å². The highest BCUT2D eigenvalue weighted by Gasteiger charge is 2.64. The van der Waals surface area contributed by atoms with Crippen LogP contribution in [-0.4, -0.2) is 142 Å². The first-order valence-electron chi connectivity index (χ1n) is 23.1. The van der Waals surface area contributed by atoms with Crippen molar-refractivity contribution in [2.75, 3.05) is 38.3 Å². The summed E-state index contributed by atoms with van der Waals surface area (Å²) >= 11 is 7.96. The summed E-state index contributed by atoms with van der Waals surface area (Å²) < 4.78 is 18.0. The Labute approximate surface area is 407 Å². The predicted octanol–water partition coefficient (Wildman–Crippen LogP) is 3.85. The lowest BCUT2D eigenvalue weighted by atomic mass is 9.81. The van der Waals surface area contributed by atoms with E-state index in [1.807, 2.05) is 6.92 Å². The van der Waals surface area contributed by atoms with Crippen molar-refractivity contribution in [1.29, 1.82) is 0 Å². The van der Waals surface area contributed by atoms with E-state index in [9.17, 15) is 48.6 Å². The number of hydrogen-bond acceptors (Lipinski definition) is 14. The zero-order chi connectivity index (χ0) is 49.8. The fraction of sp³-hybridized carbons (Fsp3) is 0.625. The van der Waals surface area contributed by atoms with Gasteiger partial charge in [0, 0.05) is 66.0 Å². The summed E-state index contributed by atoms with van der Waals surface area (Å²) in [5.74, 6) is -3.93. The van der Waals surface area contributed by atoms with Gasteiger partial charge in [0.1, 0.15) is 30.1 Å². The molecule has 6 amide bonds. The quantitative estimate of drug-likeness (QED) is 0.101. The summed E-state index contributed by atoms with van der Waals surface area (Å²) in [6.07, 6.45) is 3.92. The molecule has 1 aliphatic carbocycles. The van der Waals surface area contributed by atoms with Crippen LogP contribution in [0.25, 0.3) is 0 Å². The number of halogens is 1. The van der Waals surface area contributed by atoms with Gasteiger partial charge in [-0.25, -0.2) is 9.59 Å². The molecule has 4 aliphatic heterocycles. The number of alkyl carbamates (subject to hydrolysis) is 1. The Kier molecular flexibility index (Phi) is 16.9. The number of amides is 6. The van der Waals surface area contributed by atoms with Gasteiger partial charge < -0.3 is 44.3 Å². The van der Waals surface area contributed by atoms with Gasteiger partial charge in [0.25, 0.3) is 0 Å². The Balaban J connectivity index is 0.00000888. The number of carbonyl (C=O) groups excluding carboxylic acids is 8. The minimum absolute atomic E-state index is 0. The number of esters is 1. The molecule has 0 aromatic heterocycles. The number of likely N-dealkylation sites (N-methyl/N-ethyl adjacent to an activating group) is 1. The number of epoxide rings is 1. The Hall–Kier alpha value is -4.82. The van der Waals surface area contributed by atoms with Crippen LogP contribution in [0.5, 0.6) is 0 Å². The third-order valence-corrected chi connectivity index (χ3v) is 16.0. The fourth-order valence-corrected chi connectivity index (χ4v) is 11.1. The number of likely N-dealkylation sites (tertiary alicyclic amines) is 1. The van der Waals surface area contributed by atoms with Crippen molar-refractivity contribution in [2.45, 2.75) is 133 Å². The number of thioether (sulfide) groups is 1. The van der Waals surface area contributed by atoms with Crippen molar-refractivity contribution in [2.24, 2.45) is 23.7 Å². The van der Waals surface area contributed by atoms with E-state index in [2.05, 4.69) is 10.6 Å². The highest BCUT2D eigenvalue weighted by Crippen LogP contribution is 2.49. The van der Waals surface area contributed by atoms with Gasteiger partial charge in [0.2, 0.25) is 29.5 Å². The van der Waals surface area contributed by atoms with Crippen molar-refractivity contribution in [3.63, 3.8) is 0 Å². The largest absolute Gasteiger partial charge is 0.457 e. The lowest BCUT2D eigenvalue weighted by Crippen LogP contribution is -2.61. The maximum absolute atomic E-state index is 14.3. The molecule has 68 heavy (non-hydrogen) atoms. The Morgan fingerprint density at radius 3 is 2.51 bits per heavy atom. The number of nitrogens with one attached hydrogen (secondary N) is 2. The normalized spacial score (nSPS) is 32.7. The molecule has 6 rings (SSSR count). The van der Waals surface area contributed by atoms with E-state index in [1.165, 1.54) is 53.6 Å². The number of benzene rings is 1. The van der Waals surface area contributed by atoms with Crippen LogP contribution in [0, 0.1) is 23.7 Å². The molecule has 9 atom stereocenters. The Morgan fingerprint density at radius 1 is 1.15 bits per heavy atom. The molecular formula is C48H66ClN5O13S. The third kappa shape index (κ3) is 11.6. The SMILES string of the molecule is CNC(=O)C1CCC(CN2C(=O)CC(SCCC(=O)N(C)[C@@H](C)C(=O)O[C@H]3CC(=O)N(C)c4cc(cc(CO)c4Cl)C/C(C)=C/C=C/[C@@H](C=O)[C@@]4(O)C[C@H](OC(=O)N4)[C@@H](C)[C@@H]4O[C@@]34C)C2=O)CC1.[HH]. The fourth-order valence-electron chi connectivity index (χ4n) is 9.72. The van der Waals surface area contributed by atoms with Crippen LogP contribution in [0.4, 0.5) is 10.5 Å². The molecule has 374 valence electrons. The average Bonchev–Trinajstić information content (AvgIpc) is 3.94. The number of aliphatic hydroxyl groups excluding tert-OH is 1. The van der Waals surface area contributed by atoms with Crippen molar-refractivity contribution in [1.82, 2.24) is 20.4 Å². The molecule has 4 bridgehead atoms. The molecule has 1 aromatic carbocycles. The predicted molar refractivity (Wildman–Crippen MR) is 253 cm³/mol. The first kappa shape index (κ1) is 52.5. The van der Waals surface area contributed by atoms with Gasteiger partial charge in [-0.15, -0.1) is 11.8 Å². The van der Waals surface area contributed by atoms with Gasteiger partial charge in [0.05, 0.1) is 41.0 Å². The smallest absolute Gasteiger partial charge is 0.409 e. The van der Waals surface area contributed by atoms with Crippen molar-refractivity contribution < 1.29 is 64.2 Å². The molecule has 3 saturated heterocycles. The standard InChI is InChI=1S/C48H64ClN5O13S.H2/c1-26-9-8-10-33(25-56)48(64)22-35(65-46(63)51-48)27(2)42-47(4,67-42)37(21-39(58)53(7)34-19-30(17-26)18-32(24-55)41(34)49)66-45(62)28(3)52(6)38(57)15-16-68-36-20-40(59)54(44(36)61)23-29-11-13-31(14-12-29)43(60)50-5;/h8-10,18-19,25,27-29,31,33,35-37,42,55,64H,11-17,20-24H2,1-7H3,(H,50,60)(H,51,63);1H/b10-8+,26-9+;/t27-,28+,29?,31?,33+,35+,36?,37+,42+,47+,48+;/m1./s1. The topological polar surface area (TPSA) is 242 Å². The summed E-state index contributed by atoms with van der Waals surface area (Å²) in [7, 11) is 4.56. The number of nitrogens with zero attached hydrogens (tertiary/aromatic N) is 3. The van der Waals surface area contributed by atoms with Gasteiger partial charge in [0.15, 0.2) is 5.72 Å². The van der Waals surface area contributed by atoms with Crippen LogP contribution in [0.1, 0.15) is 91.6 Å². The van der Waals surface area contributed by atoms with E-state index in [-0.39, 0.29) is 61.0 Å². The second-order valence-electron chi connectivity index (χ2n) is 19.0. The van der Waals surface area contributed by atoms with Gasteiger partial charge in [-0.1, -0.05) is 48.4 Å². The molecule has 1 aromatic rings. The maximum Gasteiger partial charge on any atom is 0.409 e. The first-order valence-corrected chi connectivity index (χ1v) is 24.6. The van der Waals surface area contributed by atoms with E-state index in [0.29, 0.717) is 48.9 Å². The number of carbonyl (C=O) groups is 8. The number of aldehydes is 1. The van der Waals surface area contributed by atoms with E-state index in [0.717, 1.165) is 18.4 Å². The number of hydrogen-bond donors (Lipinski definition) is 4. The average molecular weight is 989 g/mol. The molecular weight excluding hydrogens is 922 g/mol. The Bertz CT molecular complexity index is 2230. The Morgan fingerprint density at radius 2 is 1.85 bits per heavy atom. The van der Waals surface area contributed by atoms with Crippen LogP contribution in [0.15, 0.2) is 35.9 Å². The number of aliphatic hydroxyl groups is 2. The van der Waals surface area contributed by atoms with E-state index < -0.39 is 89.7 Å². The number of anilines is 1. The first-order chi connectivity index (χ1) is 32.1. The molecule has 0 radical (unpaired) electrons. The van der Waals surface area contributed by atoms with Crippen LogP contribution < -0.4 is 15.5 Å². The number of imide groups is 1. The molecule has 18 nitrogen and oxygen atoms in total. The summed E-state index contributed by atoms with van der Waals surface area (Å²) in [6.45, 7) is 6.56. The molecule has 5 aliphatic rings. The van der Waals surface area contributed by atoms with Crippen LogP contribution in [-0.2, 0) is 60.8 Å². The monoisotopic (exact) mass is 987 g/mol. The summed E-state index contributed by atoms with van der Waals surface area (Å²) in [6, 6.07) is 2.27. The van der Waals surface area contributed by atoms with Gasteiger partial charge >= 0.3 is 12.1 Å². The number of allylic oxidation sites excluding steroid dienone is 3. The number of ether oxygens (including phenoxy) is 3. The molecule has 20 heteroatoms. The second kappa shape index (κ2) is 21.9. The zero-order valence-electron chi connectivity index (χ0n) is 39.7. The maximum atomic E-state index is 14.3. The number of fused-ring (bicyclic) bond motifs is 5. The van der Waals surface area contributed by atoms with Crippen molar-refractivity contribution in [3.05, 3.63) is 52.1 Å². The molecule has 4 heterocycles. The highest BCUT2D eigenvalue weighted by molar-refractivity contribution is 8.00. The second-order valence-corrected chi connectivity index (χ2v) is 20.7. The molecule has 1 saturated carbocycles. The molecule has 4 N–H and O–H groups in total. The van der Waals surface area contributed by atoms with E-state index in [1.54, 1.807) is 45.2 Å². The van der Waals surface area contributed by atoms with Crippen LogP contribution >= 0.6 is 23.4 Å². The number of rotatable bonds is 12. The minimum atomic E-state index is -2.03. The molecule has 1 unspecified atom stereocenters. The third-order valence-electron chi connectivity index (χ3n) is 14.3. The van der Waals surface area contributed by atoms with E-state index in [4.69, 9.17) is 25.8 Å². The zero-order valence-corrected chi connectivity index (χ0v) is 41.2. The molecule has 0 spiro atoms. The lowest BCUT2D eigenvalue weighted by Gasteiger charge is -2.41. The summed E-state index contributed by atoms with van der Waals surface area (Å²) in [5, 5.41) is 26.5. The van der Waals surface area contributed by atoms with Gasteiger partial charge in [-0.2, -0.15) is 0 Å².